The first kappa shape index (κ1) is 18.3. The molecule has 7 heteroatoms. The zero-order chi connectivity index (χ0) is 15.8. The van der Waals surface area contributed by atoms with Crippen LogP contribution in [0, 0.1) is 0 Å². The highest BCUT2D eigenvalue weighted by Crippen LogP contribution is 2.25. The van der Waals surface area contributed by atoms with E-state index in [2.05, 4.69) is 5.10 Å². The van der Waals surface area contributed by atoms with Crippen molar-refractivity contribution in [1.29, 1.82) is 0 Å². The van der Waals surface area contributed by atoms with Gasteiger partial charge in [-0.25, -0.2) is 0 Å². The molecule has 0 saturated carbocycles. The van der Waals surface area contributed by atoms with E-state index in [1.54, 1.807) is 18.7 Å². The van der Waals surface area contributed by atoms with Crippen LogP contribution in [-0.2, 0) is 28.2 Å². The second-order valence-corrected chi connectivity index (χ2v) is 6.06. The highest BCUT2D eigenvalue weighted by Gasteiger charge is 2.16. The quantitative estimate of drug-likeness (QED) is 0.555. The average molecular weight is 334 g/mol. The summed E-state index contributed by atoms with van der Waals surface area (Å²) in [7, 11) is 0. The minimum absolute atomic E-state index is 0.331. The molecule has 1 aromatic rings. The Hall–Kier alpha value is -0.720. The van der Waals surface area contributed by atoms with Crippen LogP contribution in [0.25, 0.3) is 0 Å². The molecule has 0 aliphatic carbocycles. The first-order chi connectivity index (χ1) is 10.0. The lowest BCUT2D eigenvalue weighted by Gasteiger charge is -2.10. The van der Waals surface area contributed by atoms with Crippen molar-refractivity contribution in [2.24, 2.45) is 5.73 Å². The fourth-order valence-corrected chi connectivity index (χ4v) is 3.37. The van der Waals surface area contributed by atoms with Crippen molar-refractivity contribution in [3.05, 3.63) is 16.4 Å². The monoisotopic (exact) mass is 333 g/mol. The predicted molar refractivity (Wildman–Crippen MR) is 87.7 cm³/mol. The predicted octanol–water partition coefficient (Wildman–Crippen LogP) is 2.63. The van der Waals surface area contributed by atoms with E-state index in [0.29, 0.717) is 13.0 Å². The molecule has 0 aromatic carbocycles. The zero-order valence-corrected chi connectivity index (χ0v) is 14.5. The van der Waals surface area contributed by atoms with E-state index in [-0.39, 0.29) is 5.97 Å². The molecule has 0 bridgehead atoms. The molecule has 0 aliphatic rings. The maximum absolute atomic E-state index is 11.4. The Balaban J connectivity index is 2.46. The molecule has 0 saturated heterocycles. The maximum atomic E-state index is 11.4. The molecular weight excluding hydrogens is 310 g/mol. The van der Waals surface area contributed by atoms with Gasteiger partial charge in [0.15, 0.2) is 0 Å². The van der Waals surface area contributed by atoms with Crippen molar-refractivity contribution in [1.82, 2.24) is 9.78 Å². The molecule has 1 heterocycles. The van der Waals surface area contributed by atoms with Crippen molar-refractivity contribution in [3.63, 3.8) is 0 Å². The number of ether oxygens (including phenoxy) is 1. The number of thioether (sulfide) groups is 1. The number of carbonyl (C=O) groups is 1. The third-order valence-corrected chi connectivity index (χ3v) is 4.53. The minimum atomic E-state index is -0.546. The van der Waals surface area contributed by atoms with Gasteiger partial charge in [-0.1, -0.05) is 18.5 Å². The van der Waals surface area contributed by atoms with E-state index in [4.69, 9.17) is 22.1 Å². The topological polar surface area (TPSA) is 70.1 Å². The Kier molecular flexibility index (Phi) is 8.14. The first-order valence-corrected chi connectivity index (χ1v) is 8.82. The van der Waals surface area contributed by atoms with E-state index in [0.717, 1.165) is 40.9 Å². The van der Waals surface area contributed by atoms with Gasteiger partial charge in [0, 0.05) is 12.3 Å². The van der Waals surface area contributed by atoms with Crippen LogP contribution in [-0.4, -0.2) is 34.2 Å². The van der Waals surface area contributed by atoms with Crippen LogP contribution in [0.2, 0.25) is 5.02 Å². The number of hydrogen-bond acceptors (Lipinski definition) is 5. The SMILES string of the molecule is CCOC(=O)C(N)CCSCc1c(Cl)c(CC)nn1CC. The molecule has 120 valence electrons. The van der Waals surface area contributed by atoms with Gasteiger partial charge in [0.25, 0.3) is 0 Å². The normalized spacial score (nSPS) is 12.4. The van der Waals surface area contributed by atoms with Crippen molar-refractivity contribution in [3.8, 4) is 0 Å². The highest BCUT2D eigenvalue weighted by molar-refractivity contribution is 7.98. The maximum Gasteiger partial charge on any atom is 0.322 e. The number of rotatable bonds is 9. The first-order valence-electron chi connectivity index (χ1n) is 7.29. The van der Waals surface area contributed by atoms with E-state index in [1.807, 2.05) is 18.5 Å². The molecule has 1 aromatic heterocycles. The zero-order valence-electron chi connectivity index (χ0n) is 12.9. The number of hydrogen-bond donors (Lipinski definition) is 1. The van der Waals surface area contributed by atoms with Crippen LogP contribution in [0.3, 0.4) is 0 Å². The lowest BCUT2D eigenvalue weighted by molar-refractivity contribution is -0.144. The molecule has 0 spiro atoms. The van der Waals surface area contributed by atoms with Gasteiger partial charge in [0.1, 0.15) is 6.04 Å². The summed E-state index contributed by atoms with van der Waals surface area (Å²) in [5, 5.41) is 5.25. The van der Waals surface area contributed by atoms with Crippen LogP contribution >= 0.6 is 23.4 Å². The Morgan fingerprint density at radius 1 is 1.48 bits per heavy atom. The number of nitrogens with zero attached hydrogens (tertiary/aromatic N) is 2. The largest absolute Gasteiger partial charge is 0.465 e. The van der Waals surface area contributed by atoms with Gasteiger partial charge in [-0.05, 0) is 32.4 Å². The van der Waals surface area contributed by atoms with E-state index < -0.39 is 6.04 Å². The van der Waals surface area contributed by atoms with Gasteiger partial charge in [0.2, 0.25) is 0 Å². The van der Waals surface area contributed by atoms with Crippen molar-refractivity contribution < 1.29 is 9.53 Å². The summed E-state index contributed by atoms with van der Waals surface area (Å²) in [6, 6.07) is -0.546. The number of halogens is 1. The second-order valence-electron chi connectivity index (χ2n) is 4.58. The number of aryl methyl sites for hydroxylation is 2. The summed E-state index contributed by atoms with van der Waals surface area (Å²) >= 11 is 8.05. The summed E-state index contributed by atoms with van der Waals surface area (Å²) in [5.74, 6) is 1.23. The average Bonchev–Trinajstić information content (AvgIpc) is 2.79. The Bertz CT molecular complexity index is 465. The molecule has 0 amide bonds. The summed E-state index contributed by atoms with van der Waals surface area (Å²) in [5.41, 5.74) is 7.75. The summed E-state index contributed by atoms with van der Waals surface area (Å²) in [6.07, 6.45) is 1.43. The molecule has 1 unspecified atom stereocenters. The van der Waals surface area contributed by atoms with Crippen LogP contribution in [0.1, 0.15) is 38.6 Å². The lowest BCUT2D eigenvalue weighted by atomic mass is 10.2. The van der Waals surface area contributed by atoms with Gasteiger partial charge >= 0.3 is 5.97 Å². The Labute approximate surface area is 135 Å². The van der Waals surface area contributed by atoms with Gasteiger partial charge in [-0.15, -0.1) is 0 Å². The molecule has 0 radical (unpaired) electrons. The number of nitrogens with two attached hydrogens (primary N) is 1. The van der Waals surface area contributed by atoms with Gasteiger partial charge in [-0.3, -0.25) is 9.48 Å². The van der Waals surface area contributed by atoms with Crippen LogP contribution in [0.4, 0.5) is 0 Å². The smallest absolute Gasteiger partial charge is 0.322 e. The third kappa shape index (κ3) is 5.20. The van der Waals surface area contributed by atoms with E-state index in [1.165, 1.54) is 0 Å². The molecular formula is C14H24ClN3O2S. The molecule has 0 fully saturated rings. The number of aromatic nitrogens is 2. The van der Waals surface area contributed by atoms with Crippen molar-refractivity contribution in [2.75, 3.05) is 12.4 Å². The molecule has 1 atom stereocenters. The van der Waals surface area contributed by atoms with Crippen molar-refractivity contribution in [2.45, 2.75) is 52.0 Å². The second kappa shape index (κ2) is 9.33. The van der Waals surface area contributed by atoms with Crippen LogP contribution in [0.5, 0.6) is 0 Å². The van der Waals surface area contributed by atoms with Gasteiger partial charge in [0.05, 0.1) is 23.0 Å². The lowest BCUT2D eigenvalue weighted by Crippen LogP contribution is -2.32. The van der Waals surface area contributed by atoms with Crippen LogP contribution < -0.4 is 5.73 Å². The number of carbonyl (C=O) groups excluding carboxylic acids is 1. The fraction of sp³-hybridized carbons (Fsp3) is 0.714. The summed E-state index contributed by atoms with van der Waals surface area (Å²) in [4.78, 5) is 11.4. The van der Waals surface area contributed by atoms with Gasteiger partial charge in [-0.2, -0.15) is 16.9 Å². The highest BCUT2D eigenvalue weighted by atomic mass is 35.5. The Morgan fingerprint density at radius 2 is 2.19 bits per heavy atom. The molecule has 0 aliphatic heterocycles. The van der Waals surface area contributed by atoms with E-state index in [9.17, 15) is 4.79 Å². The molecule has 2 N–H and O–H groups in total. The minimum Gasteiger partial charge on any atom is -0.465 e. The number of esters is 1. The molecule has 21 heavy (non-hydrogen) atoms. The fourth-order valence-electron chi connectivity index (χ4n) is 1.90. The van der Waals surface area contributed by atoms with E-state index >= 15 is 0 Å². The van der Waals surface area contributed by atoms with Gasteiger partial charge < -0.3 is 10.5 Å². The standard InChI is InChI=1S/C14H24ClN3O2S/c1-4-11-13(15)12(18(5-2)17-11)9-21-8-7-10(16)14(19)20-6-3/h10H,4-9,16H2,1-3H3. The van der Waals surface area contributed by atoms with Crippen molar-refractivity contribution >= 4 is 29.3 Å². The molecule has 1 rings (SSSR count). The summed E-state index contributed by atoms with van der Waals surface area (Å²) < 4.78 is 6.83. The summed E-state index contributed by atoms with van der Waals surface area (Å²) in [6.45, 7) is 7.04. The van der Waals surface area contributed by atoms with Crippen LogP contribution in [0.15, 0.2) is 0 Å². The Morgan fingerprint density at radius 3 is 2.76 bits per heavy atom. The third-order valence-electron chi connectivity index (χ3n) is 3.10. The molecule has 5 nitrogen and oxygen atoms in total.